The fourth-order valence-corrected chi connectivity index (χ4v) is 0. The van der Waals surface area contributed by atoms with Gasteiger partial charge in [-0.2, -0.15) is 0 Å². The molecule has 0 fully saturated rings. The maximum absolute atomic E-state index is 9.47. The first-order valence-corrected chi connectivity index (χ1v) is 1.60. The van der Waals surface area contributed by atoms with Gasteiger partial charge in [0.2, 0.25) is 0 Å². The van der Waals surface area contributed by atoms with Gasteiger partial charge in [0.25, 0.3) is 0 Å². The minimum atomic E-state index is -1.17. The Morgan fingerprint density at radius 1 is 1.71 bits per heavy atom. The summed E-state index contributed by atoms with van der Waals surface area (Å²) < 4.78 is 0. The topological polar surface area (TPSA) is 37.3 Å². The first-order valence-electron chi connectivity index (χ1n) is 1.22. The fourth-order valence-electron chi connectivity index (χ4n) is 0. The van der Waals surface area contributed by atoms with E-state index in [1.807, 2.05) is 0 Å². The van der Waals surface area contributed by atoms with E-state index in [0.29, 0.717) is 0 Å². The van der Waals surface area contributed by atoms with Crippen LogP contribution in [0.1, 0.15) is 0 Å². The van der Waals surface area contributed by atoms with Crippen LogP contribution in [-0.4, -0.2) is 40.6 Å². The summed E-state index contributed by atoms with van der Waals surface area (Å²) in [5.41, 5.74) is 0. The van der Waals surface area contributed by atoms with Gasteiger partial charge in [-0.15, -0.1) is 0 Å². The van der Waals surface area contributed by atoms with E-state index in [9.17, 15) is 4.79 Å². The van der Waals surface area contributed by atoms with Crippen molar-refractivity contribution in [2.45, 2.75) is 0 Å². The summed E-state index contributed by atoms with van der Waals surface area (Å²) in [6.07, 6.45) is 0. The molecule has 0 unspecified atom stereocenters. The van der Waals surface area contributed by atoms with Gasteiger partial charge in [-0.1, -0.05) is 18.2 Å². The van der Waals surface area contributed by atoms with Crippen molar-refractivity contribution in [2.24, 2.45) is 0 Å². The van der Waals surface area contributed by atoms with Crippen molar-refractivity contribution >= 4 is 47.1 Å². The summed E-state index contributed by atoms with van der Waals surface area (Å²) in [4.78, 5) is 9.47. The number of hydrogen-bond acceptors (Lipinski definition) is 1. The zero-order valence-electron chi connectivity index (χ0n) is 3.94. The number of halogens is 1. The molecular weight excluding hydrogens is 126 g/mol. The Hall–Kier alpha value is 0.500. The molecule has 0 saturated carbocycles. The first-order chi connectivity index (χ1) is 2.64. The second kappa shape index (κ2) is 4.65. The number of carbonyl (C=O) groups is 1. The SMILES string of the molecule is C=C(Cl)C(=O)O.[Na]. The molecule has 0 atom stereocenters. The van der Waals surface area contributed by atoms with Crippen molar-refractivity contribution < 1.29 is 9.90 Å². The monoisotopic (exact) mass is 129 g/mol. The molecule has 0 heterocycles. The number of aliphatic carboxylic acids is 1. The van der Waals surface area contributed by atoms with Crippen LogP contribution in [0.3, 0.4) is 0 Å². The zero-order chi connectivity index (χ0) is 5.15. The second-order valence-corrected chi connectivity index (χ2v) is 1.17. The van der Waals surface area contributed by atoms with Gasteiger partial charge in [-0.05, 0) is 0 Å². The Morgan fingerprint density at radius 2 is 1.86 bits per heavy atom. The van der Waals surface area contributed by atoms with Crippen molar-refractivity contribution in [3.63, 3.8) is 0 Å². The molecule has 0 rings (SSSR count). The summed E-state index contributed by atoms with van der Waals surface area (Å²) in [7, 11) is 0. The molecule has 0 aromatic carbocycles. The van der Waals surface area contributed by atoms with Crippen LogP contribution in [0.4, 0.5) is 0 Å². The van der Waals surface area contributed by atoms with Crippen LogP contribution in [0.5, 0.6) is 0 Å². The predicted octanol–water partition coefficient (Wildman–Crippen LogP) is 0.443. The molecule has 1 radical (unpaired) electrons. The average Bonchev–Trinajstić information content (AvgIpc) is 1.36. The third-order valence-corrected chi connectivity index (χ3v) is 0.394. The summed E-state index contributed by atoms with van der Waals surface area (Å²) in [6.45, 7) is 2.92. The van der Waals surface area contributed by atoms with E-state index in [2.05, 4.69) is 6.58 Å². The standard InChI is InChI=1S/C3H3ClO2.Na/c1-2(4)3(5)6;/h1H2,(H,5,6);. The molecule has 7 heavy (non-hydrogen) atoms. The normalized spacial score (nSPS) is 6.43. The van der Waals surface area contributed by atoms with Crippen LogP contribution in [0.25, 0.3) is 0 Å². The molecule has 35 valence electrons. The predicted molar refractivity (Wildman–Crippen MR) is 28.4 cm³/mol. The van der Waals surface area contributed by atoms with E-state index < -0.39 is 5.97 Å². The third kappa shape index (κ3) is 6.50. The van der Waals surface area contributed by atoms with E-state index >= 15 is 0 Å². The van der Waals surface area contributed by atoms with Gasteiger partial charge in [0.1, 0.15) is 5.03 Å². The van der Waals surface area contributed by atoms with Gasteiger partial charge in [-0.25, -0.2) is 4.79 Å². The van der Waals surface area contributed by atoms with Gasteiger partial charge in [0.05, 0.1) is 0 Å². The van der Waals surface area contributed by atoms with Crippen LogP contribution >= 0.6 is 11.6 Å². The van der Waals surface area contributed by atoms with Crippen molar-refractivity contribution in [2.75, 3.05) is 0 Å². The summed E-state index contributed by atoms with van der Waals surface area (Å²) in [5.74, 6) is -1.17. The Morgan fingerprint density at radius 3 is 1.86 bits per heavy atom. The smallest absolute Gasteiger partial charge is 0.346 e. The second-order valence-electron chi connectivity index (χ2n) is 0.710. The molecule has 0 aromatic heterocycles. The van der Waals surface area contributed by atoms with Gasteiger partial charge in [0.15, 0.2) is 0 Å². The minimum Gasteiger partial charge on any atom is -0.477 e. The largest absolute Gasteiger partial charge is 0.477 e. The van der Waals surface area contributed by atoms with Crippen LogP contribution in [-0.2, 0) is 4.79 Å². The molecule has 0 aliphatic rings. The molecule has 2 nitrogen and oxygen atoms in total. The van der Waals surface area contributed by atoms with Gasteiger partial charge in [-0.3, -0.25) is 0 Å². The van der Waals surface area contributed by atoms with Crippen LogP contribution < -0.4 is 0 Å². The quantitative estimate of drug-likeness (QED) is 0.412. The van der Waals surface area contributed by atoms with E-state index in [1.54, 1.807) is 0 Å². The van der Waals surface area contributed by atoms with Gasteiger partial charge in [0, 0.05) is 29.6 Å². The van der Waals surface area contributed by atoms with Gasteiger partial charge >= 0.3 is 5.97 Å². The molecule has 0 amide bonds. The van der Waals surface area contributed by atoms with Crippen LogP contribution in [0.2, 0.25) is 0 Å². The Labute approximate surface area is 68.5 Å². The molecule has 4 heteroatoms. The summed E-state index contributed by atoms with van der Waals surface area (Å²) in [6, 6.07) is 0. The molecule has 0 aliphatic heterocycles. The number of carboxylic acids is 1. The summed E-state index contributed by atoms with van der Waals surface area (Å²) in [5, 5.41) is 7.41. The molecule has 0 aliphatic carbocycles. The van der Waals surface area contributed by atoms with E-state index in [4.69, 9.17) is 16.7 Å². The molecule has 0 aromatic rings. The molecule has 0 spiro atoms. The Kier molecular flexibility index (Phi) is 6.96. The van der Waals surface area contributed by atoms with Crippen molar-refractivity contribution in [1.29, 1.82) is 0 Å². The molecule has 1 N–H and O–H groups in total. The Bertz CT molecular complexity index is 78.9. The van der Waals surface area contributed by atoms with Crippen molar-refractivity contribution in [1.82, 2.24) is 0 Å². The van der Waals surface area contributed by atoms with E-state index in [0.717, 1.165) is 0 Å². The zero-order valence-corrected chi connectivity index (χ0v) is 6.70. The molecule has 0 saturated heterocycles. The number of rotatable bonds is 1. The van der Waals surface area contributed by atoms with Gasteiger partial charge < -0.3 is 5.11 Å². The maximum Gasteiger partial charge on any atom is 0.346 e. The number of hydrogen-bond donors (Lipinski definition) is 1. The fraction of sp³-hybridized carbons (Fsp3) is 0. The van der Waals surface area contributed by atoms with Crippen molar-refractivity contribution in [3.05, 3.63) is 11.6 Å². The van der Waals surface area contributed by atoms with Crippen molar-refractivity contribution in [3.8, 4) is 0 Å². The van der Waals surface area contributed by atoms with E-state index in [1.165, 1.54) is 0 Å². The van der Waals surface area contributed by atoms with E-state index in [-0.39, 0.29) is 34.6 Å². The summed E-state index contributed by atoms with van der Waals surface area (Å²) >= 11 is 4.82. The number of carboxylic acid groups (broad SMARTS) is 1. The average molecular weight is 129 g/mol. The molecular formula is C3H3ClNaO2. The maximum atomic E-state index is 9.47. The third-order valence-electron chi connectivity index (χ3n) is 0.232. The first kappa shape index (κ1) is 10.5. The van der Waals surface area contributed by atoms with Crippen LogP contribution in [0.15, 0.2) is 11.6 Å². The molecule has 0 bridgehead atoms. The Balaban J connectivity index is 0. The minimum absolute atomic E-state index is 0. The van der Waals surface area contributed by atoms with Crippen LogP contribution in [0, 0.1) is 0 Å².